The highest BCUT2D eigenvalue weighted by molar-refractivity contribution is 5.75. The molecule has 2 N–H and O–H groups in total. The quantitative estimate of drug-likeness (QED) is 0.746. The second-order valence-electron chi connectivity index (χ2n) is 6.00. The highest BCUT2D eigenvalue weighted by Gasteiger charge is 2.14. The zero-order valence-corrected chi connectivity index (χ0v) is 13.7. The van der Waals surface area contributed by atoms with Crippen LogP contribution in [0.2, 0.25) is 0 Å². The van der Waals surface area contributed by atoms with Crippen LogP contribution in [-0.2, 0) is 13.1 Å². The van der Waals surface area contributed by atoms with Crippen LogP contribution in [0.15, 0.2) is 48.5 Å². The van der Waals surface area contributed by atoms with Crippen molar-refractivity contribution in [1.29, 1.82) is 5.41 Å². The Morgan fingerprint density at radius 1 is 1.00 bits per heavy atom. The summed E-state index contributed by atoms with van der Waals surface area (Å²) in [5.74, 6) is 0. The first-order valence-electron chi connectivity index (χ1n) is 8.09. The smallest absolute Gasteiger partial charge is 0.203 e. The Hall–Kier alpha value is -2.33. The predicted molar refractivity (Wildman–Crippen MR) is 92.2 cm³/mol. The Kier molecular flexibility index (Phi) is 4.35. The molecule has 0 fully saturated rings. The molecule has 1 aromatic heterocycles. The van der Waals surface area contributed by atoms with Gasteiger partial charge in [-0.05, 0) is 31.0 Å². The molecule has 1 atom stereocenters. The lowest BCUT2D eigenvalue weighted by atomic mass is 10.1. The van der Waals surface area contributed by atoms with Crippen LogP contribution in [0, 0.1) is 12.3 Å². The van der Waals surface area contributed by atoms with Crippen molar-refractivity contribution >= 4 is 11.0 Å². The largest absolute Gasteiger partial charge is 0.387 e. The monoisotopic (exact) mass is 309 g/mol. The Labute approximate surface area is 136 Å². The van der Waals surface area contributed by atoms with Crippen LogP contribution >= 0.6 is 0 Å². The molecule has 0 aliphatic carbocycles. The SMILES string of the molecule is CCCn1c(=N)n(C[C@@H](O)c2ccc(C)cc2)c2ccccc21. The van der Waals surface area contributed by atoms with E-state index in [1.54, 1.807) is 0 Å². The number of imidazole rings is 1. The van der Waals surface area contributed by atoms with Gasteiger partial charge in [0.15, 0.2) is 0 Å². The maximum absolute atomic E-state index is 10.6. The summed E-state index contributed by atoms with van der Waals surface area (Å²) in [5.41, 5.74) is 4.55. The normalized spacial score (nSPS) is 12.7. The van der Waals surface area contributed by atoms with Crippen molar-refractivity contribution in [2.45, 2.75) is 39.5 Å². The summed E-state index contributed by atoms with van der Waals surface area (Å²) in [6.45, 7) is 5.34. The lowest BCUT2D eigenvalue weighted by Gasteiger charge is -2.13. The number of benzene rings is 2. The summed E-state index contributed by atoms with van der Waals surface area (Å²) in [5, 5.41) is 19.1. The Balaban J connectivity index is 2.01. The molecule has 120 valence electrons. The van der Waals surface area contributed by atoms with Crippen molar-refractivity contribution in [2.75, 3.05) is 0 Å². The van der Waals surface area contributed by atoms with Crippen LogP contribution in [0.3, 0.4) is 0 Å². The molecule has 0 bridgehead atoms. The molecule has 1 heterocycles. The minimum absolute atomic E-state index is 0.388. The van der Waals surface area contributed by atoms with Gasteiger partial charge in [0.1, 0.15) is 0 Å². The molecule has 0 unspecified atom stereocenters. The molecule has 0 aliphatic rings. The minimum Gasteiger partial charge on any atom is -0.387 e. The van der Waals surface area contributed by atoms with Gasteiger partial charge in [0.05, 0.1) is 23.7 Å². The first-order valence-corrected chi connectivity index (χ1v) is 8.09. The first kappa shape index (κ1) is 15.6. The molecule has 4 heteroatoms. The molecule has 23 heavy (non-hydrogen) atoms. The van der Waals surface area contributed by atoms with E-state index < -0.39 is 6.10 Å². The van der Waals surface area contributed by atoms with Crippen LogP contribution in [0.4, 0.5) is 0 Å². The fourth-order valence-corrected chi connectivity index (χ4v) is 3.00. The van der Waals surface area contributed by atoms with Gasteiger partial charge >= 0.3 is 0 Å². The van der Waals surface area contributed by atoms with Crippen LogP contribution in [-0.4, -0.2) is 14.2 Å². The van der Waals surface area contributed by atoms with Crippen LogP contribution in [0.5, 0.6) is 0 Å². The molecule has 4 nitrogen and oxygen atoms in total. The van der Waals surface area contributed by atoms with E-state index in [-0.39, 0.29) is 0 Å². The molecular weight excluding hydrogens is 286 g/mol. The van der Waals surface area contributed by atoms with Crippen molar-refractivity contribution in [3.63, 3.8) is 0 Å². The van der Waals surface area contributed by atoms with E-state index in [0.29, 0.717) is 12.2 Å². The topological polar surface area (TPSA) is 53.9 Å². The van der Waals surface area contributed by atoms with E-state index >= 15 is 0 Å². The number of aryl methyl sites for hydroxylation is 2. The van der Waals surface area contributed by atoms with Gasteiger partial charge in [-0.1, -0.05) is 48.9 Å². The lowest BCUT2D eigenvalue weighted by Crippen LogP contribution is -2.26. The number of fused-ring (bicyclic) bond motifs is 1. The molecule has 0 spiro atoms. The number of aliphatic hydroxyl groups excluding tert-OH is 1. The number of para-hydroxylation sites is 2. The average Bonchev–Trinajstić information content (AvgIpc) is 2.82. The van der Waals surface area contributed by atoms with E-state index in [1.807, 2.05) is 64.6 Å². The molecule has 0 saturated heterocycles. The molecule has 0 radical (unpaired) electrons. The maximum atomic E-state index is 10.6. The van der Waals surface area contributed by atoms with Gasteiger partial charge in [-0.3, -0.25) is 5.41 Å². The summed E-state index contributed by atoms with van der Waals surface area (Å²) in [4.78, 5) is 0. The molecule has 3 aromatic rings. The van der Waals surface area contributed by atoms with Gasteiger partial charge < -0.3 is 14.2 Å². The molecule has 3 rings (SSSR count). The summed E-state index contributed by atoms with van der Waals surface area (Å²) in [6, 6.07) is 15.9. The molecule has 0 amide bonds. The Morgan fingerprint density at radius 3 is 2.22 bits per heavy atom. The van der Waals surface area contributed by atoms with Crippen LogP contribution in [0.25, 0.3) is 11.0 Å². The fraction of sp³-hybridized carbons (Fsp3) is 0.316. The van der Waals surface area contributed by atoms with Gasteiger partial charge in [0.2, 0.25) is 5.62 Å². The van der Waals surface area contributed by atoms with E-state index in [0.717, 1.165) is 29.6 Å². The average molecular weight is 309 g/mol. The van der Waals surface area contributed by atoms with Gasteiger partial charge in [0.25, 0.3) is 0 Å². The zero-order chi connectivity index (χ0) is 16.4. The minimum atomic E-state index is -0.620. The van der Waals surface area contributed by atoms with E-state index in [4.69, 9.17) is 5.41 Å². The van der Waals surface area contributed by atoms with E-state index in [2.05, 4.69) is 6.92 Å². The summed E-state index contributed by atoms with van der Waals surface area (Å²) in [6.07, 6.45) is 0.357. The number of hydrogen-bond donors (Lipinski definition) is 2. The van der Waals surface area contributed by atoms with Crippen LogP contribution < -0.4 is 5.62 Å². The molecule has 2 aromatic carbocycles. The van der Waals surface area contributed by atoms with Gasteiger partial charge in [-0.2, -0.15) is 0 Å². The van der Waals surface area contributed by atoms with Crippen molar-refractivity contribution in [2.24, 2.45) is 0 Å². The van der Waals surface area contributed by atoms with Crippen molar-refractivity contribution in [3.05, 3.63) is 65.3 Å². The van der Waals surface area contributed by atoms with Crippen LogP contribution in [0.1, 0.15) is 30.6 Å². The zero-order valence-electron chi connectivity index (χ0n) is 13.7. The highest BCUT2D eigenvalue weighted by Crippen LogP contribution is 2.19. The van der Waals surface area contributed by atoms with Gasteiger partial charge in [-0.25, -0.2) is 0 Å². The van der Waals surface area contributed by atoms with E-state index in [9.17, 15) is 5.11 Å². The van der Waals surface area contributed by atoms with Gasteiger partial charge in [0, 0.05) is 6.54 Å². The third kappa shape index (κ3) is 2.94. The fourth-order valence-electron chi connectivity index (χ4n) is 3.00. The van der Waals surface area contributed by atoms with Crippen molar-refractivity contribution in [3.8, 4) is 0 Å². The number of hydrogen-bond acceptors (Lipinski definition) is 2. The number of nitrogens with zero attached hydrogens (tertiary/aromatic N) is 2. The Morgan fingerprint density at radius 2 is 1.61 bits per heavy atom. The third-order valence-corrected chi connectivity index (χ3v) is 4.24. The second kappa shape index (κ2) is 6.42. The molecule has 0 saturated carbocycles. The molecular formula is C19H23N3O. The van der Waals surface area contributed by atoms with Crippen molar-refractivity contribution < 1.29 is 5.11 Å². The second-order valence-corrected chi connectivity index (χ2v) is 6.00. The predicted octanol–water partition coefficient (Wildman–Crippen LogP) is 3.37. The number of aliphatic hydroxyl groups is 1. The van der Waals surface area contributed by atoms with E-state index in [1.165, 1.54) is 5.56 Å². The summed E-state index contributed by atoms with van der Waals surface area (Å²) < 4.78 is 3.91. The maximum Gasteiger partial charge on any atom is 0.203 e. The standard InChI is InChI=1S/C19H23N3O/c1-3-12-21-16-6-4-5-7-17(16)22(19(21)20)13-18(23)15-10-8-14(2)9-11-15/h4-11,18,20,23H,3,12-13H2,1-2H3/t18-/m1/s1. The first-order chi connectivity index (χ1) is 11.1. The lowest BCUT2D eigenvalue weighted by molar-refractivity contribution is 0.155. The number of aromatic nitrogens is 2. The number of nitrogens with one attached hydrogen (secondary N) is 1. The number of rotatable bonds is 5. The summed E-state index contributed by atoms with van der Waals surface area (Å²) in [7, 11) is 0. The third-order valence-electron chi connectivity index (χ3n) is 4.24. The van der Waals surface area contributed by atoms with Crippen molar-refractivity contribution in [1.82, 2.24) is 9.13 Å². The highest BCUT2D eigenvalue weighted by atomic mass is 16.3. The van der Waals surface area contributed by atoms with Gasteiger partial charge in [-0.15, -0.1) is 0 Å². The summed E-state index contributed by atoms with van der Waals surface area (Å²) >= 11 is 0. The Bertz CT molecular complexity index is 858. The molecule has 0 aliphatic heterocycles.